The summed E-state index contributed by atoms with van der Waals surface area (Å²) in [5, 5.41) is 0. The Morgan fingerprint density at radius 1 is 1.40 bits per heavy atom. The monoisotopic (exact) mass is 346 g/mol. The summed E-state index contributed by atoms with van der Waals surface area (Å²) in [5.74, 6) is -2.27. The number of hydrogen-bond acceptors (Lipinski definition) is 2. The fourth-order valence-electron chi connectivity index (χ4n) is 2.54. The molecule has 1 atom stereocenters. The summed E-state index contributed by atoms with van der Waals surface area (Å²) in [6.45, 7) is 1.71. The van der Waals surface area contributed by atoms with Crippen LogP contribution in [0.3, 0.4) is 0 Å². The van der Waals surface area contributed by atoms with Gasteiger partial charge < -0.3 is 9.80 Å². The number of likely N-dealkylation sites (tertiary alicyclic amines) is 1. The van der Waals surface area contributed by atoms with Gasteiger partial charge in [-0.1, -0.05) is 15.9 Å². The highest BCUT2D eigenvalue weighted by molar-refractivity contribution is 9.10. The van der Waals surface area contributed by atoms with Gasteiger partial charge in [-0.15, -0.1) is 0 Å². The summed E-state index contributed by atoms with van der Waals surface area (Å²) >= 11 is 3.01. The molecule has 1 aromatic carbocycles. The number of hydrogen-bond donors (Lipinski definition) is 0. The molecule has 110 valence electrons. The average Bonchev–Trinajstić information content (AvgIpc) is 2.36. The van der Waals surface area contributed by atoms with E-state index in [2.05, 4.69) is 20.8 Å². The van der Waals surface area contributed by atoms with Crippen LogP contribution in [-0.2, 0) is 0 Å². The Morgan fingerprint density at radius 2 is 2.00 bits per heavy atom. The number of carbonyl (C=O) groups excluding carboxylic acids is 1. The fourth-order valence-corrected chi connectivity index (χ4v) is 2.95. The molecule has 0 saturated carbocycles. The second-order valence-electron chi connectivity index (χ2n) is 5.22. The van der Waals surface area contributed by atoms with Crippen LogP contribution in [0.4, 0.5) is 8.78 Å². The molecule has 0 aromatic heterocycles. The third-order valence-electron chi connectivity index (χ3n) is 3.69. The Bertz CT molecular complexity index is 501. The van der Waals surface area contributed by atoms with Crippen LogP contribution < -0.4 is 0 Å². The number of likely N-dealkylation sites (N-methyl/N-ethyl adjacent to an activating group) is 2. The average molecular weight is 347 g/mol. The predicted molar refractivity (Wildman–Crippen MR) is 76.7 cm³/mol. The summed E-state index contributed by atoms with van der Waals surface area (Å²) in [6, 6.07) is 2.21. The van der Waals surface area contributed by atoms with Crippen molar-refractivity contribution in [2.45, 2.75) is 18.9 Å². The maximum absolute atomic E-state index is 13.8. The second kappa shape index (κ2) is 6.18. The van der Waals surface area contributed by atoms with Crippen molar-refractivity contribution in [1.82, 2.24) is 9.80 Å². The smallest absolute Gasteiger partial charge is 0.259 e. The molecule has 20 heavy (non-hydrogen) atoms. The molecule has 1 saturated heterocycles. The van der Waals surface area contributed by atoms with Gasteiger partial charge >= 0.3 is 0 Å². The SMILES string of the molecule is CN1CCCC(N(C)C(=O)c2c(F)cc(Br)cc2F)C1. The van der Waals surface area contributed by atoms with E-state index in [4.69, 9.17) is 0 Å². The molecule has 1 unspecified atom stereocenters. The lowest BCUT2D eigenvalue weighted by atomic mass is 10.0. The number of carbonyl (C=O) groups is 1. The Balaban J connectivity index is 2.22. The highest BCUT2D eigenvalue weighted by Crippen LogP contribution is 2.22. The molecule has 1 amide bonds. The molecular weight excluding hydrogens is 330 g/mol. The highest BCUT2D eigenvalue weighted by atomic mass is 79.9. The van der Waals surface area contributed by atoms with Gasteiger partial charge in [-0.2, -0.15) is 0 Å². The van der Waals surface area contributed by atoms with Crippen LogP contribution in [0.1, 0.15) is 23.2 Å². The number of halogens is 3. The number of nitrogens with zero attached hydrogens (tertiary/aromatic N) is 2. The lowest BCUT2D eigenvalue weighted by Crippen LogP contribution is -2.47. The molecule has 0 aliphatic carbocycles. The topological polar surface area (TPSA) is 23.6 Å². The van der Waals surface area contributed by atoms with Crippen LogP contribution in [0, 0.1) is 11.6 Å². The highest BCUT2D eigenvalue weighted by Gasteiger charge is 2.28. The van der Waals surface area contributed by atoms with E-state index in [1.54, 1.807) is 7.05 Å². The minimum atomic E-state index is -0.835. The molecule has 2 rings (SSSR count). The Kier molecular flexibility index (Phi) is 4.75. The van der Waals surface area contributed by atoms with E-state index in [9.17, 15) is 13.6 Å². The summed E-state index contributed by atoms with van der Waals surface area (Å²) in [7, 11) is 3.58. The van der Waals surface area contributed by atoms with Crippen molar-refractivity contribution in [1.29, 1.82) is 0 Å². The molecule has 3 nitrogen and oxygen atoms in total. The molecule has 1 aromatic rings. The molecule has 0 radical (unpaired) electrons. The van der Waals surface area contributed by atoms with E-state index < -0.39 is 23.1 Å². The van der Waals surface area contributed by atoms with Crippen LogP contribution in [0.5, 0.6) is 0 Å². The summed E-state index contributed by atoms with van der Waals surface area (Å²) < 4.78 is 28.0. The van der Waals surface area contributed by atoms with Crippen LogP contribution >= 0.6 is 15.9 Å². The molecule has 1 fully saturated rings. The normalized spacial score (nSPS) is 19.9. The quantitative estimate of drug-likeness (QED) is 0.821. The van der Waals surface area contributed by atoms with Gasteiger partial charge in [-0.05, 0) is 38.6 Å². The van der Waals surface area contributed by atoms with Gasteiger partial charge in [0.15, 0.2) is 0 Å². The summed E-state index contributed by atoms with van der Waals surface area (Å²) in [6.07, 6.45) is 1.83. The first-order chi connectivity index (χ1) is 9.40. The van der Waals surface area contributed by atoms with Crippen LogP contribution in [0.2, 0.25) is 0 Å². The lowest BCUT2D eigenvalue weighted by molar-refractivity contribution is 0.0634. The zero-order valence-electron chi connectivity index (χ0n) is 11.5. The lowest BCUT2D eigenvalue weighted by Gasteiger charge is -2.36. The van der Waals surface area contributed by atoms with E-state index in [-0.39, 0.29) is 10.5 Å². The molecule has 0 N–H and O–H groups in total. The van der Waals surface area contributed by atoms with E-state index in [0.29, 0.717) is 0 Å². The molecule has 1 aliphatic rings. The number of rotatable bonds is 2. The Hall–Kier alpha value is -1.01. The van der Waals surface area contributed by atoms with Gasteiger partial charge in [0.05, 0.1) is 0 Å². The Morgan fingerprint density at radius 3 is 2.55 bits per heavy atom. The van der Waals surface area contributed by atoms with E-state index in [0.717, 1.165) is 38.1 Å². The zero-order valence-corrected chi connectivity index (χ0v) is 13.1. The van der Waals surface area contributed by atoms with Crippen LogP contribution in [0.15, 0.2) is 16.6 Å². The van der Waals surface area contributed by atoms with Crippen molar-refractivity contribution < 1.29 is 13.6 Å². The zero-order chi connectivity index (χ0) is 14.9. The molecular formula is C14H17BrF2N2O. The third-order valence-corrected chi connectivity index (χ3v) is 4.15. The van der Waals surface area contributed by atoms with Gasteiger partial charge in [0.25, 0.3) is 5.91 Å². The van der Waals surface area contributed by atoms with Crippen molar-refractivity contribution in [2.75, 3.05) is 27.2 Å². The van der Waals surface area contributed by atoms with Crippen LogP contribution in [-0.4, -0.2) is 48.9 Å². The van der Waals surface area contributed by atoms with Gasteiger partial charge in [0.1, 0.15) is 17.2 Å². The molecule has 1 aliphatic heterocycles. The summed E-state index contributed by atoms with van der Waals surface area (Å²) in [5.41, 5.74) is -0.482. The second-order valence-corrected chi connectivity index (χ2v) is 6.13. The maximum atomic E-state index is 13.8. The maximum Gasteiger partial charge on any atom is 0.259 e. The van der Waals surface area contributed by atoms with Gasteiger partial charge in [-0.25, -0.2) is 8.78 Å². The number of benzene rings is 1. The van der Waals surface area contributed by atoms with Crippen molar-refractivity contribution in [3.63, 3.8) is 0 Å². The minimum Gasteiger partial charge on any atom is -0.337 e. The standard InChI is InChI=1S/C14H17BrF2N2O/c1-18-5-3-4-10(8-18)19(2)14(20)13-11(16)6-9(15)7-12(13)17/h6-7,10H,3-5,8H2,1-2H3. The predicted octanol–water partition coefficient (Wildman–Crippen LogP) is 2.89. The van der Waals surface area contributed by atoms with Crippen molar-refractivity contribution in [2.24, 2.45) is 0 Å². The minimum absolute atomic E-state index is 0.0105. The molecule has 0 spiro atoms. The molecule has 0 bridgehead atoms. The number of amides is 1. The fraction of sp³-hybridized carbons (Fsp3) is 0.500. The first kappa shape index (κ1) is 15.4. The summed E-state index contributed by atoms with van der Waals surface area (Å²) in [4.78, 5) is 15.9. The largest absolute Gasteiger partial charge is 0.337 e. The third kappa shape index (κ3) is 3.17. The van der Waals surface area contributed by atoms with Crippen molar-refractivity contribution in [3.05, 3.63) is 33.8 Å². The Labute approximate surface area is 125 Å². The molecule has 6 heteroatoms. The first-order valence-electron chi connectivity index (χ1n) is 6.50. The van der Waals surface area contributed by atoms with Crippen LogP contribution in [0.25, 0.3) is 0 Å². The van der Waals surface area contributed by atoms with E-state index in [1.807, 2.05) is 7.05 Å². The number of piperidine rings is 1. The van der Waals surface area contributed by atoms with E-state index >= 15 is 0 Å². The van der Waals surface area contributed by atoms with Gasteiger partial charge in [-0.3, -0.25) is 4.79 Å². The van der Waals surface area contributed by atoms with Crippen molar-refractivity contribution in [3.8, 4) is 0 Å². The first-order valence-corrected chi connectivity index (χ1v) is 7.29. The van der Waals surface area contributed by atoms with Gasteiger partial charge in [0, 0.05) is 24.1 Å². The van der Waals surface area contributed by atoms with Gasteiger partial charge in [0.2, 0.25) is 0 Å². The molecule has 1 heterocycles. The van der Waals surface area contributed by atoms with E-state index in [1.165, 1.54) is 4.90 Å². The van der Waals surface area contributed by atoms with Crippen molar-refractivity contribution >= 4 is 21.8 Å².